The van der Waals surface area contributed by atoms with E-state index in [4.69, 9.17) is 16.3 Å². The molecule has 3 aromatic rings. The summed E-state index contributed by atoms with van der Waals surface area (Å²) in [6, 6.07) is 20.2. The molecular formula is C26H20BrClN2O4S. The minimum absolute atomic E-state index is 0.237. The molecule has 0 spiro atoms. The van der Waals surface area contributed by atoms with Crippen molar-refractivity contribution >= 4 is 68.1 Å². The van der Waals surface area contributed by atoms with Gasteiger partial charge < -0.3 is 10.1 Å². The molecule has 0 atom stereocenters. The minimum atomic E-state index is -0.523. The number of benzene rings is 3. The molecule has 0 saturated carbocycles. The quantitative estimate of drug-likeness (QED) is 0.321. The molecule has 1 N–H and O–H groups in total. The summed E-state index contributed by atoms with van der Waals surface area (Å²) in [7, 11) is 0. The highest BCUT2D eigenvalue weighted by Gasteiger charge is 2.36. The summed E-state index contributed by atoms with van der Waals surface area (Å²) >= 11 is 10.3. The Balaban J connectivity index is 1.40. The van der Waals surface area contributed by atoms with Gasteiger partial charge in [-0.3, -0.25) is 19.3 Å². The van der Waals surface area contributed by atoms with E-state index in [1.807, 2.05) is 31.2 Å². The predicted octanol–water partition coefficient (Wildman–Crippen LogP) is 6.66. The Kier molecular flexibility index (Phi) is 7.95. The molecular weight excluding hydrogens is 552 g/mol. The van der Waals surface area contributed by atoms with Crippen LogP contribution in [0.25, 0.3) is 6.08 Å². The average molecular weight is 572 g/mol. The number of hydrogen-bond donors (Lipinski definition) is 1. The Bertz CT molecular complexity index is 1340. The first-order chi connectivity index (χ1) is 16.8. The molecule has 178 valence electrons. The fourth-order valence-corrected chi connectivity index (χ4v) is 4.90. The number of anilines is 1. The zero-order chi connectivity index (χ0) is 24.9. The maximum atomic E-state index is 12.8. The Morgan fingerprint density at radius 1 is 1.11 bits per heavy atom. The van der Waals surface area contributed by atoms with Crippen molar-refractivity contribution in [2.24, 2.45) is 0 Å². The van der Waals surface area contributed by atoms with Gasteiger partial charge in [0, 0.05) is 0 Å². The molecule has 0 aliphatic carbocycles. The highest BCUT2D eigenvalue weighted by atomic mass is 79.9. The third-order valence-electron chi connectivity index (χ3n) is 5.05. The number of carbonyl (C=O) groups excluding carboxylic acids is 3. The summed E-state index contributed by atoms with van der Waals surface area (Å²) in [6.45, 7) is 2.05. The average Bonchev–Trinajstić information content (AvgIpc) is 3.07. The summed E-state index contributed by atoms with van der Waals surface area (Å²) in [5.74, 6) is -0.377. The molecule has 0 bridgehead atoms. The number of nitrogens with one attached hydrogen (secondary N) is 1. The van der Waals surface area contributed by atoms with E-state index >= 15 is 0 Å². The van der Waals surface area contributed by atoms with E-state index in [1.165, 1.54) is 0 Å². The van der Waals surface area contributed by atoms with Crippen molar-refractivity contribution in [1.82, 2.24) is 4.90 Å². The highest BCUT2D eigenvalue weighted by molar-refractivity contribution is 9.10. The molecule has 1 fully saturated rings. The van der Waals surface area contributed by atoms with E-state index in [0.29, 0.717) is 28.6 Å². The third kappa shape index (κ3) is 6.33. The van der Waals surface area contributed by atoms with Crippen molar-refractivity contribution in [1.29, 1.82) is 0 Å². The number of thioether (sulfide) groups is 1. The van der Waals surface area contributed by atoms with E-state index in [-0.39, 0.29) is 4.91 Å². The van der Waals surface area contributed by atoms with Gasteiger partial charge in [-0.2, -0.15) is 0 Å². The van der Waals surface area contributed by atoms with Crippen LogP contribution >= 0.6 is 39.3 Å². The van der Waals surface area contributed by atoms with Crippen LogP contribution in [0.4, 0.5) is 10.5 Å². The molecule has 3 aromatic carbocycles. The summed E-state index contributed by atoms with van der Waals surface area (Å²) in [6.07, 6.45) is 1.62. The molecule has 9 heteroatoms. The maximum absolute atomic E-state index is 12.8. The molecule has 35 heavy (non-hydrogen) atoms. The largest absolute Gasteiger partial charge is 0.488 e. The first-order valence-corrected chi connectivity index (χ1v) is 12.6. The third-order valence-corrected chi connectivity index (χ3v) is 6.91. The zero-order valence-electron chi connectivity index (χ0n) is 18.6. The summed E-state index contributed by atoms with van der Waals surface area (Å²) < 4.78 is 6.62. The zero-order valence-corrected chi connectivity index (χ0v) is 21.7. The Hall–Kier alpha value is -3.07. The molecule has 1 heterocycles. The highest BCUT2D eigenvalue weighted by Crippen LogP contribution is 2.34. The second-order valence-electron chi connectivity index (χ2n) is 7.76. The number of imide groups is 1. The van der Waals surface area contributed by atoms with Gasteiger partial charge >= 0.3 is 0 Å². The first-order valence-electron chi connectivity index (χ1n) is 10.6. The minimum Gasteiger partial charge on any atom is -0.488 e. The lowest BCUT2D eigenvalue weighted by Gasteiger charge is -2.13. The molecule has 0 radical (unpaired) electrons. The van der Waals surface area contributed by atoms with E-state index in [0.717, 1.165) is 32.3 Å². The van der Waals surface area contributed by atoms with Gasteiger partial charge in [0.25, 0.3) is 11.1 Å². The Morgan fingerprint density at radius 3 is 2.66 bits per heavy atom. The van der Waals surface area contributed by atoms with E-state index < -0.39 is 23.6 Å². The number of para-hydroxylation sites is 1. The Morgan fingerprint density at radius 2 is 1.91 bits per heavy atom. The number of rotatable bonds is 7. The van der Waals surface area contributed by atoms with Crippen LogP contribution in [-0.4, -0.2) is 28.5 Å². The molecule has 1 saturated heterocycles. The van der Waals surface area contributed by atoms with Crippen LogP contribution in [0.3, 0.4) is 0 Å². The summed E-state index contributed by atoms with van der Waals surface area (Å²) in [5, 5.41) is 2.48. The van der Waals surface area contributed by atoms with Crippen molar-refractivity contribution in [2.75, 3.05) is 11.9 Å². The van der Waals surface area contributed by atoms with Crippen molar-refractivity contribution in [3.8, 4) is 5.75 Å². The lowest BCUT2D eigenvalue weighted by molar-refractivity contribution is -0.127. The number of carbonyl (C=O) groups is 3. The van der Waals surface area contributed by atoms with Crippen molar-refractivity contribution in [2.45, 2.75) is 13.5 Å². The van der Waals surface area contributed by atoms with Crippen LogP contribution in [0.2, 0.25) is 5.02 Å². The van der Waals surface area contributed by atoms with Gasteiger partial charge in [-0.25, -0.2) is 0 Å². The predicted molar refractivity (Wildman–Crippen MR) is 142 cm³/mol. The number of ether oxygens (including phenoxy) is 1. The second-order valence-corrected chi connectivity index (χ2v) is 10.0. The van der Waals surface area contributed by atoms with Gasteiger partial charge in [-0.1, -0.05) is 59.6 Å². The maximum Gasteiger partial charge on any atom is 0.294 e. The second kappa shape index (κ2) is 11.1. The van der Waals surface area contributed by atoms with Crippen LogP contribution in [0, 0.1) is 6.92 Å². The van der Waals surface area contributed by atoms with Crippen LogP contribution < -0.4 is 10.1 Å². The van der Waals surface area contributed by atoms with E-state index in [9.17, 15) is 14.4 Å². The molecule has 3 amide bonds. The number of hydrogen-bond acceptors (Lipinski definition) is 5. The van der Waals surface area contributed by atoms with Gasteiger partial charge in [0.05, 0.1) is 20.1 Å². The number of nitrogens with zero attached hydrogens (tertiary/aromatic N) is 1. The van der Waals surface area contributed by atoms with Crippen molar-refractivity contribution < 1.29 is 19.1 Å². The first kappa shape index (κ1) is 25.0. The van der Waals surface area contributed by atoms with Crippen molar-refractivity contribution in [3.05, 3.63) is 97.8 Å². The molecule has 0 aromatic heterocycles. The fraction of sp³-hybridized carbons (Fsp3) is 0.115. The lowest BCUT2D eigenvalue weighted by Crippen LogP contribution is -2.36. The van der Waals surface area contributed by atoms with E-state index in [1.54, 1.807) is 42.5 Å². The van der Waals surface area contributed by atoms with Gasteiger partial charge in [0.1, 0.15) is 18.9 Å². The van der Waals surface area contributed by atoms with Gasteiger partial charge in [-0.05, 0) is 76.1 Å². The number of aryl methyl sites for hydroxylation is 1. The SMILES string of the molecule is Cc1cccc(COc2ccc(/C=C3/SC(=O)N(CC(=O)Nc4ccccc4Cl)C3=O)cc2Br)c1. The van der Waals surface area contributed by atoms with Crippen LogP contribution in [0.1, 0.15) is 16.7 Å². The van der Waals surface area contributed by atoms with Crippen molar-refractivity contribution in [3.63, 3.8) is 0 Å². The summed E-state index contributed by atoms with van der Waals surface area (Å²) in [4.78, 5) is 38.7. The number of amides is 3. The van der Waals surface area contributed by atoms with Crippen LogP contribution in [-0.2, 0) is 16.2 Å². The molecule has 6 nitrogen and oxygen atoms in total. The normalized spacial score (nSPS) is 14.5. The van der Waals surface area contributed by atoms with Gasteiger partial charge in [-0.15, -0.1) is 0 Å². The molecule has 1 aliphatic heterocycles. The topological polar surface area (TPSA) is 75.7 Å². The molecule has 1 aliphatic rings. The van der Waals surface area contributed by atoms with Gasteiger partial charge in [0.15, 0.2) is 0 Å². The number of halogens is 2. The van der Waals surface area contributed by atoms with Crippen LogP contribution in [0.15, 0.2) is 76.1 Å². The lowest BCUT2D eigenvalue weighted by atomic mass is 10.1. The smallest absolute Gasteiger partial charge is 0.294 e. The molecule has 0 unspecified atom stereocenters. The standard InChI is InChI=1S/C26H20BrClN2O4S/c1-16-5-4-6-18(11-16)15-34-22-10-9-17(12-19(22)27)13-23-25(32)30(26(33)35-23)14-24(31)29-21-8-3-2-7-20(21)28/h2-13H,14-15H2,1H3,(H,29,31)/b23-13+. The van der Waals surface area contributed by atoms with E-state index in [2.05, 4.69) is 27.3 Å². The van der Waals surface area contributed by atoms with Gasteiger partial charge in [0.2, 0.25) is 5.91 Å². The monoisotopic (exact) mass is 570 g/mol. The molecule has 4 rings (SSSR count). The summed E-state index contributed by atoms with van der Waals surface area (Å²) in [5.41, 5.74) is 3.35. The fourth-order valence-electron chi connectivity index (χ4n) is 3.37. The van der Waals surface area contributed by atoms with Crippen LogP contribution in [0.5, 0.6) is 5.75 Å². The Labute approximate surface area is 220 Å².